The number of nitrogens with one attached hydrogen (secondary N) is 2. The van der Waals surface area contributed by atoms with E-state index in [1.165, 1.54) is 23.6 Å². The van der Waals surface area contributed by atoms with Crippen molar-refractivity contribution >= 4 is 17.7 Å². The highest BCUT2D eigenvalue weighted by Crippen LogP contribution is 2.42. The van der Waals surface area contributed by atoms with E-state index in [0.29, 0.717) is 38.6 Å². The fourth-order valence-corrected chi connectivity index (χ4v) is 4.79. The van der Waals surface area contributed by atoms with Crippen molar-refractivity contribution in [2.75, 3.05) is 20.6 Å². The Hall–Kier alpha value is -3.89. The summed E-state index contributed by atoms with van der Waals surface area (Å²) in [5.41, 5.74) is -1.37. The summed E-state index contributed by atoms with van der Waals surface area (Å²) in [6.45, 7) is 0.529. The number of likely N-dealkylation sites (N-methyl/N-ethyl adjacent to an activating group) is 1. The Balaban J connectivity index is 1.63. The molecule has 0 saturated heterocycles. The quantitative estimate of drug-likeness (QED) is 0.444. The Bertz CT molecular complexity index is 1210. The van der Waals surface area contributed by atoms with E-state index >= 15 is 0 Å². The summed E-state index contributed by atoms with van der Waals surface area (Å²) in [4.78, 5) is 56.5. The lowest BCUT2D eigenvalue weighted by Crippen LogP contribution is -2.53. The third-order valence-electron chi connectivity index (χ3n) is 6.78. The van der Waals surface area contributed by atoms with E-state index in [1.54, 1.807) is 24.3 Å². The highest BCUT2D eigenvalue weighted by atomic mass is 16.3. The van der Waals surface area contributed by atoms with Crippen LogP contribution in [0.15, 0.2) is 29.1 Å². The molecule has 11 heteroatoms. The molecule has 0 atom stereocenters. The molecule has 1 fully saturated rings. The summed E-state index contributed by atoms with van der Waals surface area (Å²) in [5, 5.41) is 25.4. The van der Waals surface area contributed by atoms with E-state index in [2.05, 4.69) is 15.6 Å². The maximum atomic E-state index is 13.1. The van der Waals surface area contributed by atoms with E-state index in [-0.39, 0.29) is 24.0 Å². The van der Waals surface area contributed by atoms with Crippen LogP contribution < -0.4 is 16.2 Å². The van der Waals surface area contributed by atoms with Gasteiger partial charge in [-0.25, -0.2) is 4.98 Å². The normalized spacial score (nSPS) is 20.5. The Morgan fingerprint density at radius 1 is 1.14 bits per heavy atom. The molecule has 0 radical (unpaired) electrons. The highest BCUT2D eigenvalue weighted by Gasteiger charge is 2.46. The van der Waals surface area contributed by atoms with E-state index in [4.69, 9.17) is 0 Å². The topological polar surface area (TPSA) is 154 Å². The Kier molecular flexibility index (Phi) is 6.51. The number of carbonyl (C=O) groups excluding carboxylic acids is 3. The van der Waals surface area contributed by atoms with Gasteiger partial charge in [-0.2, -0.15) is 0 Å². The molecule has 0 unspecified atom stereocenters. The van der Waals surface area contributed by atoms with Crippen LogP contribution in [0.2, 0.25) is 0 Å². The molecule has 3 heterocycles. The number of rotatable bonds is 5. The van der Waals surface area contributed by atoms with Crippen molar-refractivity contribution in [2.24, 2.45) is 5.92 Å². The number of benzene rings is 1. The van der Waals surface area contributed by atoms with Gasteiger partial charge in [-0.1, -0.05) is 12.1 Å². The monoisotopic (exact) mass is 483 g/mol. The zero-order valence-corrected chi connectivity index (χ0v) is 19.7. The lowest BCUT2D eigenvalue weighted by molar-refractivity contribution is -0.145. The average molecular weight is 484 g/mol. The molecule has 3 aliphatic rings. The van der Waals surface area contributed by atoms with Crippen LogP contribution in [0.5, 0.6) is 11.5 Å². The molecule has 186 valence electrons. The lowest BCUT2D eigenvalue weighted by atomic mass is 9.77. The molecule has 5 rings (SSSR count). The predicted octanol–water partition coefficient (Wildman–Crippen LogP) is 0.231. The lowest BCUT2D eigenvalue weighted by Gasteiger charge is -2.37. The van der Waals surface area contributed by atoms with E-state index < -0.39 is 40.3 Å². The van der Waals surface area contributed by atoms with Gasteiger partial charge in [0, 0.05) is 27.2 Å². The number of nitrogens with zero attached hydrogens (tertiary/aromatic N) is 3. The molecule has 3 amide bonds. The van der Waals surface area contributed by atoms with Crippen molar-refractivity contribution in [1.29, 1.82) is 0 Å². The zero-order chi connectivity index (χ0) is 25.3. The van der Waals surface area contributed by atoms with E-state index in [1.807, 2.05) is 0 Å². The minimum absolute atomic E-state index is 0.139. The molecule has 4 N–H and O–H groups in total. The summed E-state index contributed by atoms with van der Waals surface area (Å²) >= 11 is 0. The van der Waals surface area contributed by atoms with Crippen molar-refractivity contribution in [3.8, 4) is 11.5 Å². The van der Waals surface area contributed by atoms with Gasteiger partial charge >= 0.3 is 11.8 Å². The van der Waals surface area contributed by atoms with Gasteiger partial charge in [-0.3, -0.25) is 23.7 Å². The third-order valence-corrected chi connectivity index (χ3v) is 6.78. The van der Waals surface area contributed by atoms with Crippen molar-refractivity contribution in [1.82, 2.24) is 25.1 Å². The van der Waals surface area contributed by atoms with Gasteiger partial charge in [0.1, 0.15) is 11.6 Å². The molecule has 1 aliphatic carbocycles. The highest BCUT2D eigenvalue weighted by molar-refractivity contribution is 6.35. The summed E-state index contributed by atoms with van der Waals surface area (Å²) in [7, 11) is 2.94. The van der Waals surface area contributed by atoms with Gasteiger partial charge in [-0.15, -0.1) is 0 Å². The summed E-state index contributed by atoms with van der Waals surface area (Å²) in [6.07, 6.45) is 2.79. The molecule has 1 saturated carbocycles. The second kappa shape index (κ2) is 9.40. The molecular formula is C24H29N5O6. The van der Waals surface area contributed by atoms with Crippen molar-refractivity contribution in [2.45, 2.75) is 44.2 Å². The summed E-state index contributed by atoms with van der Waals surface area (Å²) < 4.78 is 1.33. The SMILES string of the molecule is CN(C)C(=O)C(=O)NC12CCC(CC1)Cn1c2nc(C(=O)NCCc2ccc(O)cc2)c(O)c1=O. The second-order valence-corrected chi connectivity index (χ2v) is 9.40. The number of fused-ring (bicyclic) bond motifs is 2. The number of phenolic OH excluding ortho intramolecular Hbond substituents is 1. The van der Waals surface area contributed by atoms with Gasteiger partial charge in [0.05, 0.1) is 5.54 Å². The van der Waals surface area contributed by atoms with Crippen LogP contribution in [-0.2, 0) is 28.1 Å². The first-order valence-electron chi connectivity index (χ1n) is 11.6. The maximum Gasteiger partial charge on any atom is 0.311 e. The Morgan fingerprint density at radius 3 is 2.43 bits per heavy atom. The molecule has 2 aromatic rings. The fraction of sp³-hybridized carbons (Fsp3) is 0.458. The molecule has 35 heavy (non-hydrogen) atoms. The third kappa shape index (κ3) is 4.71. The largest absolute Gasteiger partial charge is 0.508 e. The molecule has 2 aliphatic heterocycles. The van der Waals surface area contributed by atoms with E-state index in [9.17, 15) is 29.4 Å². The van der Waals surface area contributed by atoms with Crippen LogP contribution in [0.25, 0.3) is 0 Å². The first kappa shape index (κ1) is 24.2. The van der Waals surface area contributed by atoms with Crippen LogP contribution in [0, 0.1) is 5.92 Å². The van der Waals surface area contributed by atoms with Gasteiger partial charge in [0.15, 0.2) is 5.69 Å². The predicted molar refractivity (Wildman–Crippen MR) is 125 cm³/mol. The first-order valence-corrected chi connectivity index (χ1v) is 11.6. The van der Waals surface area contributed by atoms with Crippen LogP contribution in [0.4, 0.5) is 0 Å². The second-order valence-electron chi connectivity index (χ2n) is 9.40. The molecule has 1 aromatic carbocycles. The molecule has 2 bridgehead atoms. The Labute approximate surface area is 201 Å². The van der Waals surface area contributed by atoms with Gasteiger partial charge in [0.25, 0.3) is 11.5 Å². The number of hydrogen-bond acceptors (Lipinski definition) is 7. The number of aromatic hydroxyl groups is 2. The zero-order valence-electron chi connectivity index (χ0n) is 19.7. The molecular weight excluding hydrogens is 454 g/mol. The van der Waals surface area contributed by atoms with Gasteiger partial charge in [-0.05, 0) is 55.7 Å². The fourth-order valence-electron chi connectivity index (χ4n) is 4.79. The van der Waals surface area contributed by atoms with E-state index in [0.717, 1.165) is 5.56 Å². The number of hydrogen-bond donors (Lipinski definition) is 4. The van der Waals surface area contributed by atoms with Crippen LogP contribution in [-0.4, -0.2) is 63.0 Å². The number of carbonyl (C=O) groups is 3. The van der Waals surface area contributed by atoms with Crippen LogP contribution in [0.1, 0.15) is 47.6 Å². The van der Waals surface area contributed by atoms with Crippen LogP contribution >= 0.6 is 0 Å². The minimum atomic E-state index is -1.09. The summed E-state index contributed by atoms with van der Waals surface area (Å²) in [5.74, 6) is -2.53. The van der Waals surface area contributed by atoms with Crippen molar-refractivity contribution in [3.63, 3.8) is 0 Å². The van der Waals surface area contributed by atoms with Crippen molar-refractivity contribution < 1.29 is 24.6 Å². The van der Waals surface area contributed by atoms with Gasteiger partial charge in [0.2, 0.25) is 5.75 Å². The number of amides is 3. The maximum absolute atomic E-state index is 13.1. The first-order chi connectivity index (χ1) is 16.6. The molecule has 1 aromatic heterocycles. The molecule has 11 nitrogen and oxygen atoms in total. The number of phenols is 1. The van der Waals surface area contributed by atoms with Crippen molar-refractivity contribution in [3.05, 3.63) is 51.7 Å². The molecule has 0 spiro atoms. The minimum Gasteiger partial charge on any atom is -0.508 e. The smallest absolute Gasteiger partial charge is 0.311 e. The standard InChI is InChI=1S/C24H29N5O6/c1-28(2)22(35)20(33)27-24-10-7-15(8-11-24)13-29-21(34)18(31)17(26-23(24)29)19(32)25-12-9-14-3-5-16(30)6-4-14/h3-6,15,30-31H,7-13H2,1-2H3,(H,25,32)(H,27,33). The average Bonchev–Trinajstić information content (AvgIpc) is 3.08. The van der Waals surface area contributed by atoms with Crippen LogP contribution in [0.3, 0.4) is 0 Å². The van der Waals surface area contributed by atoms with Gasteiger partial charge < -0.3 is 25.7 Å². The number of aromatic nitrogens is 2. The Morgan fingerprint density at radius 2 is 1.80 bits per heavy atom. The summed E-state index contributed by atoms with van der Waals surface area (Å²) in [6, 6.07) is 6.54.